The molecule has 0 spiro atoms. The number of carbonyl (C=O) groups is 2. The lowest BCUT2D eigenvalue weighted by atomic mass is 10.2. The van der Waals surface area contributed by atoms with E-state index in [1.165, 1.54) is 24.3 Å². The van der Waals surface area contributed by atoms with E-state index in [2.05, 4.69) is 10.6 Å². The lowest BCUT2D eigenvalue weighted by Crippen LogP contribution is -2.34. The number of phenols is 1. The van der Waals surface area contributed by atoms with Crippen molar-refractivity contribution in [2.45, 2.75) is 0 Å². The summed E-state index contributed by atoms with van der Waals surface area (Å²) in [4.78, 5) is 23.4. The van der Waals surface area contributed by atoms with Gasteiger partial charge in [-0.3, -0.25) is 10.1 Å². The highest BCUT2D eigenvalue weighted by Gasteiger charge is 2.10. The van der Waals surface area contributed by atoms with E-state index in [-0.39, 0.29) is 5.75 Å². The van der Waals surface area contributed by atoms with Crippen LogP contribution < -0.4 is 16.4 Å². The molecule has 20 heavy (non-hydrogen) atoms. The molecule has 0 atom stereocenters. The molecule has 0 bridgehead atoms. The first-order valence-corrected chi connectivity index (χ1v) is 5.81. The molecule has 0 saturated carbocycles. The lowest BCUT2D eigenvalue weighted by molar-refractivity contribution is 0.0967. The maximum atomic E-state index is 11.8. The van der Waals surface area contributed by atoms with Crippen LogP contribution in [-0.2, 0) is 0 Å². The number of aromatic hydroxyl groups is 1. The Balaban J connectivity index is 1.97. The number of hydrogen-bond donors (Lipinski definition) is 4. The number of imide groups is 1. The van der Waals surface area contributed by atoms with Crippen molar-refractivity contribution in [1.82, 2.24) is 5.32 Å². The minimum absolute atomic E-state index is 0.0210. The topological polar surface area (TPSA) is 104 Å². The van der Waals surface area contributed by atoms with Gasteiger partial charge in [-0.15, -0.1) is 0 Å². The van der Waals surface area contributed by atoms with Crippen molar-refractivity contribution in [2.75, 3.05) is 11.1 Å². The Bertz CT molecular complexity index is 638. The standard InChI is InChI=1S/C14H13N3O3/c15-10-6-4-9(5-7-10)13(19)17-14(20)16-11-2-1-3-12(18)8-11/h1-8,18H,15H2,(H2,16,17,19,20). The van der Waals surface area contributed by atoms with Crippen LogP contribution in [0.2, 0.25) is 0 Å². The van der Waals surface area contributed by atoms with Crippen LogP contribution in [0.3, 0.4) is 0 Å². The SMILES string of the molecule is Nc1ccc(C(=O)NC(=O)Nc2cccc(O)c2)cc1. The summed E-state index contributed by atoms with van der Waals surface area (Å²) in [5.74, 6) is -0.518. The maximum Gasteiger partial charge on any atom is 0.326 e. The third-order valence-corrected chi connectivity index (χ3v) is 2.50. The number of carbonyl (C=O) groups excluding carboxylic acids is 2. The third kappa shape index (κ3) is 3.49. The van der Waals surface area contributed by atoms with Crippen LogP contribution in [-0.4, -0.2) is 17.0 Å². The molecule has 3 amide bonds. The van der Waals surface area contributed by atoms with Gasteiger partial charge >= 0.3 is 6.03 Å². The van der Waals surface area contributed by atoms with Gasteiger partial charge in [0.05, 0.1) is 0 Å². The molecule has 0 heterocycles. The molecule has 102 valence electrons. The Labute approximate surface area is 115 Å². The molecule has 5 N–H and O–H groups in total. The average Bonchev–Trinajstić information content (AvgIpc) is 2.39. The van der Waals surface area contributed by atoms with Crippen LogP contribution >= 0.6 is 0 Å². The van der Waals surface area contributed by atoms with Crippen molar-refractivity contribution < 1.29 is 14.7 Å². The molecule has 0 saturated heterocycles. The molecular formula is C14H13N3O3. The van der Waals surface area contributed by atoms with E-state index >= 15 is 0 Å². The number of urea groups is 1. The van der Waals surface area contributed by atoms with Gasteiger partial charge in [-0.25, -0.2) is 4.79 Å². The van der Waals surface area contributed by atoms with Gasteiger partial charge in [0.2, 0.25) is 0 Å². The minimum Gasteiger partial charge on any atom is -0.508 e. The van der Waals surface area contributed by atoms with Gasteiger partial charge in [0.25, 0.3) is 5.91 Å². The second-order valence-electron chi connectivity index (χ2n) is 4.08. The predicted molar refractivity (Wildman–Crippen MR) is 75.4 cm³/mol. The number of hydrogen-bond acceptors (Lipinski definition) is 4. The normalized spacial score (nSPS) is 9.80. The first kappa shape index (κ1) is 13.4. The molecule has 0 aliphatic heterocycles. The Morgan fingerprint density at radius 2 is 1.75 bits per heavy atom. The quantitative estimate of drug-likeness (QED) is 0.626. The average molecular weight is 271 g/mol. The van der Waals surface area contributed by atoms with Crippen molar-refractivity contribution in [3.8, 4) is 5.75 Å². The Morgan fingerprint density at radius 1 is 1.05 bits per heavy atom. The molecule has 2 aromatic rings. The Kier molecular flexibility index (Phi) is 3.85. The summed E-state index contributed by atoms with van der Waals surface area (Å²) < 4.78 is 0. The Hall–Kier alpha value is -3.02. The fourth-order valence-electron chi connectivity index (χ4n) is 1.56. The van der Waals surface area contributed by atoms with Crippen molar-refractivity contribution in [1.29, 1.82) is 0 Å². The van der Waals surface area contributed by atoms with Gasteiger partial charge in [-0.2, -0.15) is 0 Å². The van der Waals surface area contributed by atoms with Crippen molar-refractivity contribution in [3.63, 3.8) is 0 Å². The van der Waals surface area contributed by atoms with Gasteiger partial charge in [0, 0.05) is 23.0 Å². The van der Waals surface area contributed by atoms with Gasteiger partial charge in [0.15, 0.2) is 0 Å². The number of rotatable bonds is 2. The van der Waals surface area contributed by atoms with E-state index in [9.17, 15) is 14.7 Å². The summed E-state index contributed by atoms with van der Waals surface area (Å²) >= 11 is 0. The number of nitrogen functional groups attached to an aromatic ring is 1. The highest BCUT2D eigenvalue weighted by Crippen LogP contribution is 2.15. The lowest BCUT2D eigenvalue weighted by Gasteiger charge is -2.07. The Morgan fingerprint density at radius 3 is 2.40 bits per heavy atom. The summed E-state index contributed by atoms with van der Waals surface area (Å²) in [5.41, 5.74) is 6.75. The molecule has 0 unspecified atom stereocenters. The summed E-state index contributed by atoms with van der Waals surface area (Å²) in [5, 5.41) is 13.9. The largest absolute Gasteiger partial charge is 0.508 e. The first-order chi connectivity index (χ1) is 9.54. The zero-order valence-corrected chi connectivity index (χ0v) is 10.5. The molecule has 2 rings (SSSR count). The van der Waals surface area contributed by atoms with Crippen molar-refractivity contribution >= 4 is 23.3 Å². The highest BCUT2D eigenvalue weighted by atomic mass is 16.3. The van der Waals surface area contributed by atoms with E-state index in [0.29, 0.717) is 16.9 Å². The molecule has 6 heteroatoms. The molecule has 2 aromatic carbocycles. The fourth-order valence-corrected chi connectivity index (χ4v) is 1.56. The zero-order valence-electron chi connectivity index (χ0n) is 10.5. The van der Waals surface area contributed by atoms with E-state index in [1.54, 1.807) is 24.3 Å². The second kappa shape index (κ2) is 5.75. The number of benzene rings is 2. The highest BCUT2D eigenvalue weighted by molar-refractivity contribution is 6.08. The van der Waals surface area contributed by atoms with Gasteiger partial charge < -0.3 is 16.2 Å². The number of nitrogens with one attached hydrogen (secondary N) is 2. The second-order valence-corrected chi connectivity index (χ2v) is 4.08. The minimum atomic E-state index is -0.683. The van der Waals surface area contributed by atoms with E-state index in [0.717, 1.165) is 0 Å². The van der Waals surface area contributed by atoms with E-state index in [4.69, 9.17) is 5.73 Å². The van der Waals surface area contributed by atoms with Crippen LogP contribution in [0.5, 0.6) is 5.75 Å². The van der Waals surface area contributed by atoms with Crippen molar-refractivity contribution in [2.24, 2.45) is 0 Å². The molecule has 0 aromatic heterocycles. The van der Waals surface area contributed by atoms with E-state index < -0.39 is 11.9 Å². The zero-order chi connectivity index (χ0) is 14.5. The molecule has 6 nitrogen and oxygen atoms in total. The summed E-state index contributed by atoms with van der Waals surface area (Å²) in [6.07, 6.45) is 0. The number of anilines is 2. The van der Waals surface area contributed by atoms with Gasteiger partial charge in [-0.05, 0) is 36.4 Å². The predicted octanol–water partition coefficient (Wildman–Crippen LogP) is 1.94. The van der Waals surface area contributed by atoms with Gasteiger partial charge in [-0.1, -0.05) is 6.07 Å². The van der Waals surface area contributed by atoms with Crippen LogP contribution in [0.25, 0.3) is 0 Å². The van der Waals surface area contributed by atoms with Crippen LogP contribution in [0.4, 0.5) is 16.2 Å². The molecular weight excluding hydrogens is 258 g/mol. The number of amides is 3. The van der Waals surface area contributed by atoms with Crippen LogP contribution in [0.15, 0.2) is 48.5 Å². The fraction of sp³-hybridized carbons (Fsp3) is 0. The number of nitrogens with two attached hydrogens (primary N) is 1. The van der Waals surface area contributed by atoms with Gasteiger partial charge in [0.1, 0.15) is 5.75 Å². The van der Waals surface area contributed by atoms with Crippen LogP contribution in [0.1, 0.15) is 10.4 Å². The monoisotopic (exact) mass is 271 g/mol. The molecule has 0 fully saturated rings. The first-order valence-electron chi connectivity index (χ1n) is 5.81. The molecule has 0 aliphatic rings. The smallest absolute Gasteiger partial charge is 0.326 e. The maximum absolute atomic E-state index is 11.8. The summed E-state index contributed by atoms with van der Waals surface area (Å²) in [6.45, 7) is 0. The summed E-state index contributed by atoms with van der Waals surface area (Å²) in [7, 11) is 0. The van der Waals surface area contributed by atoms with Crippen LogP contribution in [0, 0.1) is 0 Å². The van der Waals surface area contributed by atoms with Crippen molar-refractivity contribution in [3.05, 3.63) is 54.1 Å². The number of phenolic OH excluding ortho intramolecular Hbond substituents is 1. The molecule has 0 aliphatic carbocycles. The summed E-state index contributed by atoms with van der Waals surface area (Å²) in [6, 6.07) is 11.5. The van der Waals surface area contributed by atoms with E-state index in [1.807, 2.05) is 0 Å². The molecule has 0 radical (unpaired) electrons. The third-order valence-electron chi connectivity index (χ3n) is 2.50.